The van der Waals surface area contributed by atoms with E-state index in [-0.39, 0.29) is 12.0 Å². The Balaban J connectivity index is 2.32. The van der Waals surface area contributed by atoms with Crippen LogP contribution in [0.3, 0.4) is 0 Å². The minimum absolute atomic E-state index is 0.190. The summed E-state index contributed by atoms with van der Waals surface area (Å²) in [5.41, 5.74) is 0.676. The summed E-state index contributed by atoms with van der Waals surface area (Å²) in [5.74, 6) is 1.33. The second-order valence-electron chi connectivity index (χ2n) is 4.53. The third-order valence-electron chi connectivity index (χ3n) is 3.28. The highest BCUT2D eigenvalue weighted by atomic mass is 79.9. The number of rotatable bonds is 5. The third-order valence-corrected chi connectivity index (χ3v) is 4.32. The average molecular weight is 404 g/mol. The van der Waals surface area contributed by atoms with Gasteiger partial charge in [-0.2, -0.15) is 4.98 Å². The lowest BCUT2D eigenvalue weighted by Gasteiger charge is -2.17. The molecule has 0 fully saturated rings. The monoisotopic (exact) mass is 402 g/mol. The molecule has 0 bridgehead atoms. The van der Waals surface area contributed by atoms with Gasteiger partial charge in [0.05, 0.1) is 5.92 Å². The predicted molar refractivity (Wildman–Crippen MR) is 84.5 cm³/mol. The maximum Gasteiger partial charge on any atom is 0.231 e. The number of aromatic nitrogens is 3. The quantitative estimate of drug-likeness (QED) is 0.823. The SMILES string of the molecule is CCC(c1nc(-c2ncc(Br)cc2Br)no1)C(C)NC. The summed E-state index contributed by atoms with van der Waals surface area (Å²) in [7, 11) is 1.93. The van der Waals surface area contributed by atoms with E-state index < -0.39 is 0 Å². The molecular weight excluding hydrogens is 388 g/mol. The lowest BCUT2D eigenvalue weighted by atomic mass is 9.98. The largest absolute Gasteiger partial charge is 0.339 e. The zero-order valence-electron chi connectivity index (χ0n) is 11.5. The highest BCUT2D eigenvalue weighted by molar-refractivity contribution is 9.11. The van der Waals surface area contributed by atoms with Gasteiger partial charge in [-0.25, -0.2) is 0 Å². The first kappa shape index (κ1) is 15.6. The first-order valence-corrected chi connectivity index (χ1v) is 7.97. The topological polar surface area (TPSA) is 63.8 Å². The van der Waals surface area contributed by atoms with E-state index in [0.717, 1.165) is 15.4 Å². The van der Waals surface area contributed by atoms with E-state index in [0.29, 0.717) is 17.4 Å². The van der Waals surface area contributed by atoms with Crippen LogP contribution in [0, 0.1) is 0 Å². The predicted octanol–water partition coefficient (Wildman–Crippen LogP) is 3.76. The van der Waals surface area contributed by atoms with E-state index in [1.807, 2.05) is 13.1 Å². The van der Waals surface area contributed by atoms with Gasteiger partial charge in [0, 0.05) is 21.2 Å². The zero-order valence-corrected chi connectivity index (χ0v) is 14.7. The normalized spacial score (nSPS) is 14.2. The van der Waals surface area contributed by atoms with Crippen molar-refractivity contribution >= 4 is 31.9 Å². The van der Waals surface area contributed by atoms with Gasteiger partial charge in [-0.15, -0.1) is 0 Å². The second kappa shape index (κ2) is 6.78. The summed E-state index contributed by atoms with van der Waals surface area (Å²) in [4.78, 5) is 8.80. The lowest BCUT2D eigenvalue weighted by Crippen LogP contribution is -2.28. The van der Waals surface area contributed by atoms with Crippen LogP contribution in [0.5, 0.6) is 0 Å². The summed E-state index contributed by atoms with van der Waals surface area (Å²) < 4.78 is 7.13. The Morgan fingerprint density at radius 3 is 2.75 bits per heavy atom. The van der Waals surface area contributed by atoms with Crippen molar-refractivity contribution in [3.63, 3.8) is 0 Å². The van der Waals surface area contributed by atoms with Gasteiger partial charge in [-0.3, -0.25) is 4.98 Å². The minimum Gasteiger partial charge on any atom is -0.339 e. The molecule has 0 aliphatic carbocycles. The molecule has 5 nitrogen and oxygen atoms in total. The maximum atomic E-state index is 5.41. The molecule has 1 N–H and O–H groups in total. The summed E-state index contributed by atoms with van der Waals surface area (Å²) in [6.07, 6.45) is 2.64. The highest BCUT2D eigenvalue weighted by Crippen LogP contribution is 2.29. The smallest absolute Gasteiger partial charge is 0.231 e. The van der Waals surface area contributed by atoms with Crippen molar-refractivity contribution < 1.29 is 4.52 Å². The molecule has 0 aromatic carbocycles. The molecule has 2 aromatic heterocycles. The standard InChI is InChI=1S/C13H16Br2N4O/c1-4-9(7(2)16-3)13-18-12(19-20-13)11-10(15)5-8(14)6-17-11/h5-7,9,16H,4H2,1-3H3. The van der Waals surface area contributed by atoms with E-state index in [2.05, 4.69) is 66.1 Å². The lowest BCUT2D eigenvalue weighted by molar-refractivity contribution is 0.322. The Hall–Kier alpha value is -0.790. The number of likely N-dealkylation sites (N-methyl/N-ethyl adjacent to an activating group) is 1. The van der Waals surface area contributed by atoms with Crippen molar-refractivity contribution in [3.05, 3.63) is 27.1 Å². The third kappa shape index (κ3) is 3.27. The van der Waals surface area contributed by atoms with Crippen molar-refractivity contribution in [1.29, 1.82) is 0 Å². The molecule has 7 heteroatoms. The molecule has 0 saturated heterocycles. The molecule has 2 unspecified atom stereocenters. The molecule has 2 atom stereocenters. The van der Waals surface area contributed by atoms with Gasteiger partial charge >= 0.3 is 0 Å². The van der Waals surface area contributed by atoms with Crippen LogP contribution in [0.15, 0.2) is 25.7 Å². The molecule has 2 aromatic rings. The zero-order chi connectivity index (χ0) is 14.7. The fourth-order valence-corrected chi connectivity index (χ4v) is 3.17. The molecule has 0 radical (unpaired) electrons. The van der Waals surface area contributed by atoms with Crippen LogP contribution >= 0.6 is 31.9 Å². The Morgan fingerprint density at radius 2 is 2.15 bits per heavy atom. The van der Waals surface area contributed by atoms with E-state index in [1.165, 1.54) is 0 Å². The number of hydrogen-bond donors (Lipinski definition) is 1. The molecule has 2 rings (SSSR count). The molecular formula is C13H16Br2N4O. The van der Waals surface area contributed by atoms with Gasteiger partial charge in [-0.1, -0.05) is 12.1 Å². The Bertz CT molecular complexity index is 588. The van der Waals surface area contributed by atoms with Crippen molar-refractivity contribution in [2.45, 2.75) is 32.2 Å². The number of nitrogens with one attached hydrogen (secondary N) is 1. The maximum absolute atomic E-state index is 5.41. The summed E-state index contributed by atoms with van der Waals surface area (Å²) in [5, 5.41) is 7.26. The van der Waals surface area contributed by atoms with Crippen LogP contribution in [0.25, 0.3) is 11.5 Å². The van der Waals surface area contributed by atoms with E-state index in [1.54, 1.807) is 6.20 Å². The van der Waals surface area contributed by atoms with Crippen molar-refractivity contribution in [2.75, 3.05) is 7.05 Å². The number of hydrogen-bond acceptors (Lipinski definition) is 5. The summed E-state index contributed by atoms with van der Waals surface area (Å²) >= 11 is 6.84. The van der Waals surface area contributed by atoms with Crippen molar-refractivity contribution in [3.8, 4) is 11.5 Å². The van der Waals surface area contributed by atoms with Gasteiger partial charge in [0.2, 0.25) is 11.7 Å². The Labute approximate surface area is 134 Å². The molecule has 0 spiro atoms. The van der Waals surface area contributed by atoms with Crippen molar-refractivity contribution in [2.24, 2.45) is 0 Å². The average Bonchev–Trinajstić information content (AvgIpc) is 2.88. The first-order valence-electron chi connectivity index (χ1n) is 6.39. The number of nitrogens with zero attached hydrogens (tertiary/aromatic N) is 3. The van der Waals surface area contributed by atoms with E-state index in [9.17, 15) is 0 Å². The van der Waals surface area contributed by atoms with Crippen LogP contribution in [0.2, 0.25) is 0 Å². The molecule has 108 valence electrons. The Kier molecular flexibility index (Phi) is 5.29. The van der Waals surface area contributed by atoms with Gasteiger partial charge in [-0.05, 0) is 58.3 Å². The van der Waals surface area contributed by atoms with Crippen molar-refractivity contribution in [1.82, 2.24) is 20.4 Å². The van der Waals surface area contributed by atoms with Gasteiger partial charge in [0.15, 0.2) is 0 Å². The van der Waals surface area contributed by atoms with Crippen LogP contribution in [0.1, 0.15) is 32.1 Å². The van der Waals surface area contributed by atoms with Crippen LogP contribution < -0.4 is 5.32 Å². The van der Waals surface area contributed by atoms with Crippen LogP contribution in [-0.2, 0) is 0 Å². The highest BCUT2D eigenvalue weighted by Gasteiger charge is 2.23. The summed E-state index contributed by atoms with van der Waals surface area (Å²) in [6, 6.07) is 2.18. The fraction of sp³-hybridized carbons (Fsp3) is 0.462. The van der Waals surface area contributed by atoms with E-state index >= 15 is 0 Å². The fourth-order valence-electron chi connectivity index (χ4n) is 2.00. The molecule has 0 aliphatic rings. The summed E-state index contributed by atoms with van der Waals surface area (Å²) in [6.45, 7) is 4.21. The van der Waals surface area contributed by atoms with E-state index in [4.69, 9.17) is 4.52 Å². The minimum atomic E-state index is 0.190. The molecule has 2 heterocycles. The Morgan fingerprint density at radius 1 is 1.40 bits per heavy atom. The number of pyridine rings is 1. The second-order valence-corrected chi connectivity index (χ2v) is 6.30. The van der Waals surface area contributed by atoms with Gasteiger partial charge in [0.1, 0.15) is 5.69 Å². The molecule has 0 amide bonds. The van der Waals surface area contributed by atoms with Crippen LogP contribution in [0.4, 0.5) is 0 Å². The first-order chi connectivity index (χ1) is 9.56. The van der Waals surface area contributed by atoms with Gasteiger partial charge < -0.3 is 9.84 Å². The van der Waals surface area contributed by atoms with Gasteiger partial charge in [0.25, 0.3) is 0 Å². The molecule has 0 aliphatic heterocycles. The number of halogens is 2. The molecule has 20 heavy (non-hydrogen) atoms. The van der Waals surface area contributed by atoms with Crippen LogP contribution in [-0.4, -0.2) is 28.2 Å². The molecule has 0 saturated carbocycles.